The summed E-state index contributed by atoms with van der Waals surface area (Å²) in [5.41, 5.74) is 10.6. The second-order valence-corrected chi connectivity index (χ2v) is 7.48. The van der Waals surface area contributed by atoms with Crippen LogP contribution in [0.15, 0.2) is 11.1 Å². The minimum Gasteiger partial charge on any atom is -0.370 e. The minimum absolute atomic E-state index is 0.104. The van der Waals surface area contributed by atoms with Crippen LogP contribution in [0.4, 0.5) is 24.8 Å². The first-order valence-electron chi connectivity index (χ1n) is 9.84. The molecule has 0 unspecified atom stereocenters. The van der Waals surface area contributed by atoms with Crippen molar-refractivity contribution in [3.05, 3.63) is 11.9 Å². The average molecular weight is 399 g/mol. The molecule has 3 rings (SSSR count). The molecule has 0 amide bonds. The Kier molecular flexibility index (Phi) is 6.46. The third-order valence-electron chi connectivity index (χ3n) is 5.39. The molecule has 0 radical (unpaired) electrons. The Bertz CT molecular complexity index is 674. The van der Waals surface area contributed by atoms with Crippen molar-refractivity contribution in [3.63, 3.8) is 0 Å². The first-order chi connectivity index (χ1) is 13.3. The fourth-order valence-electron chi connectivity index (χ4n) is 3.86. The number of nitrogens with zero attached hydrogens (tertiary/aromatic N) is 5. The van der Waals surface area contributed by atoms with Crippen LogP contribution in [-0.2, 0) is 6.18 Å². The molecule has 0 saturated carbocycles. The maximum Gasteiger partial charge on any atom is 0.451 e. The summed E-state index contributed by atoms with van der Waals surface area (Å²) in [6.07, 6.45) is 1.18. The third-order valence-corrected chi connectivity index (χ3v) is 5.39. The predicted molar refractivity (Wildman–Crippen MR) is 103 cm³/mol. The number of anilines is 2. The summed E-state index contributed by atoms with van der Waals surface area (Å²) < 4.78 is 39.9. The van der Waals surface area contributed by atoms with E-state index >= 15 is 0 Å². The van der Waals surface area contributed by atoms with Crippen molar-refractivity contribution in [2.45, 2.75) is 44.7 Å². The molecule has 4 N–H and O–H groups in total. The number of rotatable bonds is 6. The number of alkyl halides is 3. The van der Waals surface area contributed by atoms with Crippen LogP contribution in [0.5, 0.6) is 0 Å². The zero-order chi connectivity index (χ0) is 20.1. The Morgan fingerprint density at radius 3 is 2.14 bits per heavy atom. The van der Waals surface area contributed by atoms with Gasteiger partial charge >= 0.3 is 6.18 Å². The van der Waals surface area contributed by atoms with Crippen LogP contribution in [-0.4, -0.2) is 48.7 Å². The van der Waals surface area contributed by atoms with Crippen molar-refractivity contribution in [2.75, 3.05) is 42.5 Å². The molecule has 2 saturated heterocycles. The molecule has 0 atom stereocenters. The van der Waals surface area contributed by atoms with E-state index in [0.29, 0.717) is 37.2 Å². The van der Waals surface area contributed by atoms with Crippen molar-refractivity contribution in [2.24, 2.45) is 22.4 Å². The summed E-state index contributed by atoms with van der Waals surface area (Å²) in [4.78, 5) is 15.5. The molecular weight excluding hydrogens is 371 g/mol. The molecule has 3 heterocycles. The van der Waals surface area contributed by atoms with Gasteiger partial charge in [0.15, 0.2) is 5.96 Å². The quantitative estimate of drug-likeness (QED) is 0.433. The summed E-state index contributed by atoms with van der Waals surface area (Å²) in [6, 6.07) is 1.71. The molecule has 0 bridgehead atoms. The fraction of sp³-hybridized carbons (Fsp3) is 0.722. The molecule has 28 heavy (non-hydrogen) atoms. The van der Waals surface area contributed by atoms with E-state index in [1.807, 2.05) is 9.80 Å². The highest BCUT2D eigenvalue weighted by Crippen LogP contribution is 2.33. The topological polar surface area (TPSA) is 96.7 Å². The molecule has 156 valence electrons. The Hall–Kier alpha value is -2.26. The SMILES string of the molecule is NC(N)=NCCCC1CCN(c2cc(N3CCCC3)nc(C(F)(F)F)n2)CC1. The number of halogens is 3. The number of piperidine rings is 1. The van der Waals surface area contributed by atoms with E-state index in [2.05, 4.69) is 15.0 Å². The van der Waals surface area contributed by atoms with Gasteiger partial charge < -0.3 is 21.3 Å². The molecule has 10 heteroatoms. The number of guanidine groups is 1. The van der Waals surface area contributed by atoms with Gasteiger partial charge in [0.1, 0.15) is 11.6 Å². The van der Waals surface area contributed by atoms with Crippen LogP contribution in [0.3, 0.4) is 0 Å². The lowest BCUT2D eigenvalue weighted by Gasteiger charge is -2.33. The van der Waals surface area contributed by atoms with Crippen LogP contribution in [0, 0.1) is 5.92 Å². The lowest BCUT2D eigenvalue weighted by atomic mass is 9.92. The van der Waals surface area contributed by atoms with Gasteiger partial charge in [0, 0.05) is 38.8 Å². The van der Waals surface area contributed by atoms with Crippen LogP contribution in [0.2, 0.25) is 0 Å². The van der Waals surface area contributed by atoms with Gasteiger partial charge in [-0.05, 0) is 44.4 Å². The molecule has 7 nitrogen and oxygen atoms in total. The van der Waals surface area contributed by atoms with Crippen LogP contribution in [0.1, 0.15) is 44.3 Å². The van der Waals surface area contributed by atoms with Gasteiger partial charge in [0.05, 0.1) is 0 Å². The van der Waals surface area contributed by atoms with Gasteiger partial charge in [0.25, 0.3) is 0 Å². The maximum absolute atomic E-state index is 13.3. The Morgan fingerprint density at radius 1 is 1.04 bits per heavy atom. The highest BCUT2D eigenvalue weighted by Gasteiger charge is 2.36. The molecule has 2 fully saturated rings. The zero-order valence-corrected chi connectivity index (χ0v) is 16.0. The number of nitrogens with two attached hydrogens (primary N) is 2. The van der Waals surface area contributed by atoms with Gasteiger partial charge in [-0.25, -0.2) is 9.97 Å². The predicted octanol–water partition coefficient (Wildman–Crippen LogP) is 2.37. The van der Waals surface area contributed by atoms with Crippen LogP contribution < -0.4 is 21.3 Å². The second-order valence-electron chi connectivity index (χ2n) is 7.48. The molecular formula is C18H28F3N7. The molecule has 2 aliphatic rings. The first kappa shape index (κ1) is 20.5. The number of hydrogen-bond acceptors (Lipinski definition) is 5. The Balaban J connectivity index is 1.65. The summed E-state index contributed by atoms with van der Waals surface area (Å²) >= 11 is 0. The maximum atomic E-state index is 13.3. The first-order valence-corrected chi connectivity index (χ1v) is 9.84. The van der Waals surface area contributed by atoms with E-state index in [9.17, 15) is 13.2 Å². The molecule has 1 aromatic heterocycles. The van der Waals surface area contributed by atoms with Crippen molar-refractivity contribution in [1.29, 1.82) is 0 Å². The molecule has 1 aromatic rings. The summed E-state index contributed by atoms with van der Waals surface area (Å²) in [7, 11) is 0. The average Bonchev–Trinajstić information content (AvgIpc) is 3.19. The lowest BCUT2D eigenvalue weighted by molar-refractivity contribution is -0.144. The van der Waals surface area contributed by atoms with Gasteiger partial charge in [-0.15, -0.1) is 0 Å². The van der Waals surface area contributed by atoms with E-state index in [1.165, 1.54) is 0 Å². The van der Waals surface area contributed by atoms with E-state index in [1.54, 1.807) is 6.07 Å². The van der Waals surface area contributed by atoms with Crippen LogP contribution >= 0.6 is 0 Å². The summed E-state index contributed by atoms with van der Waals surface area (Å²) in [5, 5.41) is 0. The normalized spacial score (nSPS) is 18.5. The largest absolute Gasteiger partial charge is 0.451 e. The lowest BCUT2D eigenvalue weighted by Crippen LogP contribution is -2.35. The standard InChI is InChI=1S/C18H28F3N7/c19-18(20,21)16-25-14(27-8-1-2-9-27)12-15(26-16)28-10-5-13(6-11-28)4-3-7-24-17(22)23/h12-13H,1-11H2,(H4,22,23,24). The van der Waals surface area contributed by atoms with E-state index in [-0.39, 0.29) is 5.96 Å². The number of aromatic nitrogens is 2. The molecule has 0 spiro atoms. The second kappa shape index (κ2) is 8.83. The van der Waals surface area contributed by atoms with Crippen LogP contribution in [0.25, 0.3) is 0 Å². The highest BCUT2D eigenvalue weighted by molar-refractivity contribution is 5.75. The van der Waals surface area contributed by atoms with E-state index < -0.39 is 12.0 Å². The minimum atomic E-state index is -4.55. The third kappa shape index (κ3) is 5.39. The highest BCUT2D eigenvalue weighted by atomic mass is 19.4. The molecule has 2 aliphatic heterocycles. The fourth-order valence-corrected chi connectivity index (χ4v) is 3.86. The summed E-state index contributed by atoms with van der Waals surface area (Å²) in [6.45, 7) is 3.49. The van der Waals surface area contributed by atoms with Crippen molar-refractivity contribution in [3.8, 4) is 0 Å². The van der Waals surface area contributed by atoms with E-state index in [4.69, 9.17) is 11.5 Å². The number of aliphatic imine (C=N–C) groups is 1. The van der Waals surface area contributed by atoms with Gasteiger partial charge in [-0.3, -0.25) is 4.99 Å². The monoisotopic (exact) mass is 399 g/mol. The van der Waals surface area contributed by atoms with Gasteiger partial charge in [0.2, 0.25) is 5.82 Å². The number of hydrogen-bond donors (Lipinski definition) is 2. The van der Waals surface area contributed by atoms with Crippen molar-refractivity contribution < 1.29 is 13.2 Å². The zero-order valence-electron chi connectivity index (χ0n) is 16.0. The Morgan fingerprint density at radius 2 is 1.61 bits per heavy atom. The van der Waals surface area contributed by atoms with Crippen molar-refractivity contribution in [1.82, 2.24) is 9.97 Å². The van der Waals surface area contributed by atoms with Gasteiger partial charge in [-0.2, -0.15) is 13.2 Å². The molecule has 0 aliphatic carbocycles. The molecule has 0 aromatic carbocycles. The smallest absolute Gasteiger partial charge is 0.370 e. The van der Waals surface area contributed by atoms with E-state index in [0.717, 1.165) is 51.6 Å². The van der Waals surface area contributed by atoms with Gasteiger partial charge in [-0.1, -0.05) is 0 Å². The van der Waals surface area contributed by atoms with Crippen molar-refractivity contribution >= 4 is 17.6 Å². The summed E-state index contributed by atoms with van der Waals surface area (Å²) in [5.74, 6) is 0.351. The Labute approximate surface area is 163 Å².